The van der Waals surface area contributed by atoms with Crippen LogP contribution in [-0.2, 0) is 9.59 Å². The zero-order valence-electron chi connectivity index (χ0n) is 9.40. The first kappa shape index (κ1) is 11.6. The number of Topliss-reactive ketones (excluding diaryl/α,β-unsaturated/α-hetero) is 1. The number of aliphatic hydroxyl groups is 1. The smallest absolute Gasteiger partial charge is 0.262 e. The maximum absolute atomic E-state index is 11.4. The Balaban J connectivity index is 2.29. The third-order valence-corrected chi connectivity index (χ3v) is 2.61. The maximum Gasteiger partial charge on any atom is 0.262 e. The van der Waals surface area contributed by atoms with E-state index < -0.39 is 6.10 Å². The van der Waals surface area contributed by atoms with Crippen LogP contribution in [0, 0.1) is 0 Å². The third-order valence-electron chi connectivity index (χ3n) is 2.61. The fourth-order valence-corrected chi connectivity index (χ4v) is 1.65. The molecule has 0 spiro atoms. The molecule has 5 heteroatoms. The van der Waals surface area contributed by atoms with Gasteiger partial charge in [-0.05, 0) is 17.7 Å². The molecule has 1 aliphatic heterocycles. The number of anilines is 1. The summed E-state index contributed by atoms with van der Waals surface area (Å²) in [6, 6.07) is 4.81. The van der Waals surface area contributed by atoms with E-state index in [1.54, 1.807) is 25.1 Å². The van der Waals surface area contributed by atoms with Crippen molar-refractivity contribution in [3.8, 4) is 5.75 Å². The second-order valence-corrected chi connectivity index (χ2v) is 3.81. The Hall–Kier alpha value is -1.88. The lowest BCUT2D eigenvalue weighted by molar-refractivity contribution is -0.127. The molecule has 1 atom stereocenters. The molecule has 0 radical (unpaired) electrons. The lowest BCUT2D eigenvalue weighted by Crippen LogP contribution is -2.25. The van der Waals surface area contributed by atoms with Gasteiger partial charge in [0.25, 0.3) is 5.91 Å². The summed E-state index contributed by atoms with van der Waals surface area (Å²) in [7, 11) is 0. The molecule has 5 nitrogen and oxygen atoms in total. The van der Waals surface area contributed by atoms with Crippen LogP contribution in [0.25, 0.3) is 0 Å². The van der Waals surface area contributed by atoms with Gasteiger partial charge in [0.05, 0.1) is 5.69 Å². The molecule has 0 saturated heterocycles. The Bertz CT molecular complexity index is 470. The molecule has 17 heavy (non-hydrogen) atoms. The highest BCUT2D eigenvalue weighted by Gasteiger charge is 2.20. The Morgan fingerprint density at radius 3 is 3.06 bits per heavy atom. The van der Waals surface area contributed by atoms with E-state index in [1.807, 2.05) is 0 Å². The van der Waals surface area contributed by atoms with Crippen LogP contribution in [0.1, 0.15) is 25.0 Å². The standard InChI is InChI=1S/C12H13NO4/c1-2-9(14)12(16)7-3-4-10-8(5-7)13-11(15)6-17-10/h3-5,12,16H,2,6H2,1H3,(H,13,15). The van der Waals surface area contributed by atoms with Crippen molar-refractivity contribution in [3.63, 3.8) is 0 Å². The van der Waals surface area contributed by atoms with Crippen molar-refractivity contribution in [2.45, 2.75) is 19.4 Å². The number of ketones is 1. The fraction of sp³-hybridized carbons (Fsp3) is 0.333. The van der Waals surface area contributed by atoms with Crippen LogP contribution in [0.3, 0.4) is 0 Å². The molecular weight excluding hydrogens is 222 g/mol. The summed E-state index contributed by atoms with van der Waals surface area (Å²) >= 11 is 0. The predicted octanol–water partition coefficient (Wildman–Crippen LogP) is 1.03. The van der Waals surface area contributed by atoms with Crippen molar-refractivity contribution in [3.05, 3.63) is 23.8 Å². The number of hydrogen-bond acceptors (Lipinski definition) is 4. The van der Waals surface area contributed by atoms with E-state index in [4.69, 9.17) is 4.74 Å². The third kappa shape index (κ3) is 2.29. The summed E-state index contributed by atoms with van der Waals surface area (Å²) in [5.41, 5.74) is 0.947. The van der Waals surface area contributed by atoms with Gasteiger partial charge < -0.3 is 15.2 Å². The van der Waals surface area contributed by atoms with Gasteiger partial charge in [0.2, 0.25) is 0 Å². The summed E-state index contributed by atoms with van der Waals surface area (Å²) in [4.78, 5) is 22.5. The minimum Gasteiger partial charge on any atom is -0.482 e. The second kappa shape index (κ2) is 4.55. The van der Waals surface area contributed by atoms with E-state index in [-0.39, 0.29) is 24.7 Å². The van der Waals surface area contributed by atoms with Crippen LogP contribution in [0.15, 0.2) is 18.2 Å². The summed E-state index contributed by atoms with van der Waals surface area (Å²) in [6.07, 6.45) is -0.884. The molecule has 1 amide bonds. The Kier molecular flexibility index (Phi) is 3.10. The summed E-state index contributed by atoms with van der Waals surface area (Å²) < 4.78 is 5.18. The molecule has 1 heterocycles. The van der Waals surface area contributed by atoms with E-state index in [9.17, 15) is 14.7 Å². The Morgan fingerprint density at radius 2 is 2.35 bits per heavy atom. The molecule has 0 saturated carbocycles. The molecule has 1 aromatic rings. The highest BCUT2D eigenvalue weighted by molar-refractivity contribution is 5.95. The molecule has 2 rings (SSSR count). The van der Waals surface area contributed by atoms with Gasteiger partial charge in [0.15, 0.2) is 12.4 Å². The first-order valence-electron chi connectivity index (χ1n) is 5.39. The number of ether oxygens (including phenoxy) is 1. The van der Waals surface area contributed by atoms with Crippen molar-refractivity contribution in [1.82, 2.24) is 0 Å². The van der Waals surface area contributed by atoms with Crippen LogP contribution in [0.5, 0.6) is 5.75 Å². The Labute approximate surface area is 98.4 Å². The van der Waals surface area contributed by atoms with Gasteiger partial charge in [0, 0.05) is 6.42 Å². The molecule has 1 unspecified atom stereocenters. The molecule has 0 aromatic heterocycles. The number of carbonyl (C=O) groups is 2. The zero-order valence-corrected chi connectivity index (χ0v) is 9.40. The van der Waals surface area contributed by atoms with E-state index in [0.29, 0.717) is 17.0 Å². The van der Waals surface area contributed by atoms with Crippen LogP contribution in [0.4, 0.5) is 5.69 Å². The van der Waals surface area contributed by atoms with Crippen molar-refractivity contribution in [1.29, 1.82) is 0 Å². The number of rotatable bonds is 3. The van der Waals surface area contributed by atoms with Crippen LogP contribution >= 0.6 is 0 Å². The van der Waals surface area contributed by atoms with Gasteiger partial charge in [-0.3, -0.25) is 9.59 Å². The first-order valence-corrected chi connectivity index (χ1v) is 5.39. The van der Waals surface area contributed by atoms with Gasteiger partial charge in [-0.2, -0.15) is 0 Å². The van der Waals surface area contributed by atoms with Gasteiger partial charge in [-0.25, -0.2) is 0 Å². The number of hydrogen-bond donors (Lipinski definition) is 2. The number of benzene rings is 1. The Morgan fingerprint density at radius 1 is 1.59 bits per heavy atom. The van der Waals surface area contributed by atoms with E-state index in [2.05, 4.69) is 5.32 Å². The molecular formula is C12H13NO4. The number of amides is 1. The number of nitrogens with one attached hydrogen (secondary N) is 1. The number of carbonyl (C=O) groups excluding carboxylic acids is 2. The topological polar surface area (TPSA) is 75.6 Å². The molecule has 2 N–H and O–H groups in total. The zero-order chi connectivity index (χ0) is 12.4. The normalized spacial score (nSPS) is 15.5. The fourth-order valence-electron chi connectivity index (χ4n) is 1.65. The minimum atomic E-state index is -1.15. The van der Waals surface area contributed by atoms with Gasteiger partial charge in [0.1, 0.15) is 11.9 Å². The van der Waals surface area contributed by atoms with Gasteiger partial charge >= 0.3 is 0 Å². The molecule has 0 bridgehead atoms. The second-order valence-electron chi connectivity index (χ2n) is 3.81. The van der Waals surface area contributed by atoms with Gasteiger partial charge in [-0.15, -0.1) is 0 Å². The van der Waals surface area contributed by atoms with Crippen molar-refractivity contribution >= 4 is 17.4 Å². The average molecular weight is 235 g/mol. The van der Waals surface area contributed by atoms with E-state index in [1.165, 1.54) is 0 Å². The van der Waals surface area contributed by atoms with E-state index in [0.717, 1.165) is 0 Å². The number of fused-ring (bicyclic) bond motifs is 1. The number of aliphatic hydroxyl groups excluding tert-OH is 1. The summed E-state index contributed by atoms with van der Waals surface area (Å²) in [5.74, 6) is 0.0449. The molecule has 0 aliphatic carbocycles. The largest absolute Gasteiger partial charge is 0.482 e. The maximum atomic E-state index is 11.4. The monoisotopic (exact) mass is 235 g/mol. The molecule has 1 aliphatic rings. The van der Waals surface area contributed by atoms with Crippen LogP contribution in [-0.4, -0.2) is 23.4 Å². The van der Waals surface area contributed by atoms with Crippen LogP contribution in [0.2, 0.25) is 0 Å². The molecule has 90 valence electrons. The highest BCUT2D eigenvalue weighted by atomic mass is 16.5. The molecule has 0 fully saturated rings. The van der Waals surface area contributed by atoms with Crippen molar-refractivity contribution in [2.75, 3.05) is 11.9 Å². The quantitative estimate of drug-likeness (QED) is 0.820. The highest BCUT2D eigenvalue weighted by Crippen LogP contribution is 2.30. The lowest BCUT2D eigenvalue weighted by Gasteiger charge is -2.19. The predicted molar refractivity (Wildman–Crippen MR) is 60.8 cm³/mol. The van der Waals surface area contributed by atoms with Gasteiger partial charge in [-0.1, -0.05) is 13.0 Å². The lowest BCUT2D eigenvalue weighted by atomic mass is 10.0. The van der Waals surface area contributed by atoms with Crippen molar-refractivity contribution < 1.29 is 19.4 Å². The average Bonchev–Trinajstić information content (AvgIpc) is 2.36. The summed E-state index contributed by atoms with van der Waals surface area (Å²) in [5, 5.41) is 12.4. The first-order chi connectivity index (χ1) is 8.11. The van der Waals surface area contributed by atoms with E-state index >= 15 is 0 Å². The van der Waals surface area contributed by atoms with Crippen molar-refractivity contribution in [2.24, 2.45) is 0 Å². The minimum absolute atomic E-state index is 0.0111. The molecule has 1 aromatic carbocycles. The SMILES string of the molecule is CCC(=O)C(O)c1ccc2c(c1)NC(=O)CO2. The summed E-state index contributed by atoms with van der Waals surface area (Å²) in [6.45, 7) is 1.68. The van der Waals surface area contributed by atoms with Crippen LogP contribution < -0.4 is 10.1 Å².